The Hall–Kier alpha value is -1.06. The van der Waals surface area contributed by atoms with Gasteiger partial charge in [-0.25, -0.2) is 0 Å². The van der Waals surface area contributed by atoms with E-state index >= 15 is 0 Å². The maximum atomic E-state index is 11.8. The van der Waals surface area contributed by atoms with Gasteiger partial charge in [-0.1, -0.05) is 136 Å². The van der Waals surface area contributed by atoms with Crippen LogP contribution in [0.3, 0.4) is 0 Å². The van der Waals surface area contributed by atoms with E-state index < -0.39 is 6.29 Å². The molecule has 0 fully saturated rings. The summed E-state index contributed by atoms with van der Waals surface area (Å²) in [4.78, 5) is 23.2. The minimum Gasteiger partial charge on any atom is -0.425 e. The quantitative estimate of drug-likeness (QED) is 0.0878. The molecule has 4 nitrogen and oxygen atoms in total. The van der Waals surface area contributed by atoms with Crippen LogP contribution in [-0.4, -0.2) is 18.2 Å². The minimum atomic E-state index is -0.794. The smallest absolute Gasteiger partial charge is 0.311 e. The predicted molar refractivity (Wildman–Crippen MR) is 134 cm³/mol. The molecule has 1 unspecified atom stereocenters. The fourth-order valence-corrected chi connectivity index (χ4v) is 3.92. The molecule has 0 N–H and O–H groups in total. The number of carbonyl (C=O) groups excluding carboxylic acids is 2. The molecule has 0 aliphatic carbocycles. The average Bonchev–Trinajstić information content (AvgIpc) is 2.75. The summed E-state index contributed by atoms with van der Waals surface area (Å²) in [7, 11) is 0. The highest BCUT2D eigenvalue weighted by atomic mass is 16.7. The first-order valence-electron chi connectivity index (χ1n) is 13.9. The predicted octanol–water partition coefficient (Wildman–Crippen LogP) is 8.90. The number of ether oxygens (including phenoxy) is 2. The summed E-state index contributed by atoms with van der Waals surface area (Å²) in [5, 5.41) is 0. The van der Waals surface area contributed by atoms with Crippen LogP contribution in [0.15, 0.2) is 0 Å². The molecule has 190 valence electrons. The van der Waals surface area contributed by atoms with E-state index in [1.807, 2.05) is 0 Å². The van der Waals surface area contributed by atoms with Gasteiger partial charge in [0.25, 0.3) is 0 Å². The van der Waals surface area contributed by atoms with E-state index in [0.717, 1.165) is 12.8 Å². The molecule has 4 heteroatoms. The monoisotopic (exact) mass is 454 g/mol. The number of hydrogen-bond donors (Lipinski definition) is 0. The van der Waals surface area contributed by atoms with E-state index in [-0.39, 0.29) is 17.9 Å². The maximum Gasteiger partial charge on any atom is 0.311 e. The lowest BCUT2D eigenvalue weighted by Crippen LogP contribution is -2.24. The highest BCUT2D eigenvalue weighted by Crippen LogP contribution is 2.15. The van der Waals surface area contributed by atoms with Crippen molar-refractivity contribution in [3.63, 3.8) is 0 Å². The van der Waals surface area contributed by atoms with Crippen LogP contribution in [0.1, 0.15) is 156 Å². The largest absolute Gasteiger partial charge is 0.425 e. The van der Waals surface area contributed by atoms with Crippen molar-refractivity contribution in [3.8, 4) is 0 Å². The number of carbonyl (C=O) groups is 2. The Morgan fingerprint density at radius 1 is 0.531 bits per heavy atom. The molecule has 0 rings (SSSR count). The van der Waals surface area contributed by atoms with Gasteiger partial charge < -0.3 is 9.47 Å². The Bertz CT molecular complexity index is 433. The van der Waals surface area contributed by atoms with Crippen LogP contribution in [0, 0.1) is 5.92 Å². The molecule has 0 aromatic carbocycles. The molecule has 0 spiro atoms. The first-order chi connectivity index (χ1) is 15.5. The Balaban J connectivity index is 3.26. The summed E-state index contributed by atoms with van der Waals surface area (Å²) >= 11 is 0. The van der Waals surface area contributed by atoms with E-state index in [2.05, 4.69) is 6.92 Å². The van der Waals surface area contributed by atoms with Crippen molar-refractivity contribution in [1.82, 2.24) is 0 Å². The highest BCUT2D eigenvalue weighted by molar-refractivity contribution is 5.72. The molecule has 0 aliphatic rings. The third kappa shape index (κ3) is 22.1. The SMILES string of the molecule is CCCCCCCCCCCCCCCCCCCCCC(=O)OC(C)OC(=O)C(C)C. The lowest BCUT2D eigenvalue weighted by Gasteiger charge is -2.15. The molecule has 0 saturated heterocycles. The summed E-state index contributed by atoms with van der Waals surface area (Å²) in [6, 6.07) is 0. The first-order valence-corrected chi connectivity index (χ1v) is 13.9. The van der Waals surface area contributed by atoms with Crippen LogP contribution in [0.5, 0.6) is 0 Å². The fraction of sp³-hybridized carbons (Fsp3) is 0.929. The molecule has 0 aromatic rings. The summed E-state index contributed by atoms with van der Waals surface area (Å²) in [6.07, 6.45) is 25.0. The van der Waals surface area contributed by atoms with E-state index in [1.165, 1.54) is 109 Å². The topological polar surface area (TPSA) is 52.6 Å². The molecule has 0 aliphatic heterocycles. The van der Waals surface area contributed by atoms with Crippen molar-refractivity contribution >= 4 is 11.9 Å². The molecule has 1 atom stereocenters. The van der Waals surface area contributed by atoms with Gasteiger partial charge in [0.2, 0.25) is 6.29 Å². The number of unbranched alkanes of at least 4 members (excludes halogenated alkanes) is 18. The highest BCUT2D eigenvalue weighted by Gasteiger charge is 2.16. The van der Waals surface area contributed by atoms with Crippen LogP contribution in [0.25, 0.3) is 0 Å². The molecule has 0 aromatic heterocycles. The molecular weight excluding hydrogens is 400 g/mol. The number of rotatable bonds is 23. The summed E-state index contributed by atoms with van der Waals surface area (Å²) in [5.41, 5.74) is 0. The van der Waals surface area contributed by atoms with Crippen LogP contribution in [-0.2, 0) is 19.1 Å². The zero-order valence-corrected chi connectivity index (χ0v) is 21.9. The van der Waals surface area contributed by atoms with Gasteiger partial charge in [0.1, 0.15) is 0 Å². The lowest BCUT2D eigenvalue weighted by atomic mass is 10.0. The third-order valence-electron chi connectivity index (χ3n) is 6.04. The molecule has 0 saturated carbocycles. The Labute approximate surface area is 199 Å². The molecule has 0 radical (unpaired) electrons. The molecule has 0 amide bonds. The molecule has 0 heterocycles. The Morgan fingerprint density at radius 2 is 0.875 bits per heavy atom. The van der Waals surface area contributed by atoms with Crippen LogP contribution in [0.4, 0.5) is 0 Å². The second-order valence-electron chi connectivity index (χ2n) is 9.76. The number of hydrogen-bond acceptors (Lipinski definition) is 4. The number of esters is 2. The van der Waals surface area contributed by atoms with Crippen LogP contribution in [0.2, 0.25) is 0 Å². The Kier molecular flexibility index (Phi) is 22.3. The average molecular weight is 455 g/mol. The van der Waals surface area contributed by atoms with Crippen LogP contribution < -0.4 is 0 Å². The fourth-order valence-electron chi connectivity index (χ4n) is 3.92. The lowest BCUT2D eigenvalue weighted by molar-refractivity contribution is -0.186. The van der Waals surface area contributed by atoms with E-state index in [9.17, 15) is 9.59 Å². The van der Waals surface area contributed by atoms with Crippen molar-refractivity contribution in [2.45, 2.75) is 162 Å². The minimum absolute atomic E-state index is 0.212. The second kappa shape index (κ2) is 23.1. The summed E-state index contributed by atoms with van der Waals surface area (Å²) in [5.74, 6) is -0.828. The summed E-state index contributed by atoms with van der Waals surface area (Å²) < 4.78 is 10.2. The zero-order chi connectivity index (χ0) is 23.9. The van der Waals surface area contributed by atoms with Crippen molar-refractivity contribution in [2.75, 3.05) is 0 Å². The van der Waals surface area contributed by atoms with Gasteiger partial charge in [0.05, 0.1) is 5.92 Å². The first kappa shape index (κ1) is 30.9. The summed E-state index contributed by atoms with van der Waals surface area (Å²) in [6.45, 7) is 7.39. The normalized spacial score (nSPS) is 12.2. The molecule has 0 bridgehead atoms. The molecule has 32 heavy (non-hydrogen) atoms. The van der Waals surface area contributed by atoms with Crippen molar-refractivity contribution < 1.29 is 19.1 Å². The standard InChI is InChI=1S/C28H54O4/c1-5-6-7-8-9-10-11-12-13-14-15-16-17-18-19-20-21-22-23-24-27(29)31-26(4)32-28(30)25(2)3/h25-26H,5-24H2,1-4H3. The zero-order valence-electron chi connectivity index (χ0n) is 21.9. The van der Waals surface area contributed by atoms with Gasteiger partial charge >= 0.3 is 11.9 Å². The maximum absolute atomic E-state index is 11.8. The second-order valence-corrected chi connectivity index (χ2v) is 9.76. The van der Waals surface area contributed by atoms with Gasteiger partial charge in [-0.15, -0.1) is 0 Å². The Morgan fingerprint density at radius 3 is 1.22 bits per heavy atom. The van der Waals surface area contributed by atoms with Crippen LogP contribution >= 0.6 is 0 Å². The third-order valence-corrected chi connectivity index (χ3v) is 6.04. The van der Waals surface area contributed by atoms with Gasteiger partial charge in [-0.05, 0) is 6.42 Å². The van der Waals surface area contributed by atoms with Gasteiger partial charge in [0, 0.05) is 13.3 Å². The van der Waals surface area contributed by atoms with Gasteiger partial charge in [-0.3, -0.25) is 9.59 Å². The van der Waals surface area contributed by atoms with E-state index in [0.29, 0.717) is 6.42 Å². The molecular formula is C28H54O4. The van der Waals surface area contributed by atoms with E-state index in [1.54, 1.807) is 20.8 Å². The van der Waals surface area contributed by atoms with Gasteiger partial charge in [-0.2, -0.15) is 0 Å². The van der Waals surface area contributed by atoms with Gasteiger partial charge in [0.15, 0.2) is 0 Å². The van der Waals surface area contributed by atoms with Crippen molar-refractivity contribution in [3.05, 3.63) is 0 Å². The van der Waals surface area contributed by atoms with Crippen molar-refractivity contribution in [1.29, 1.82) is 0 Å². The van der Waals surface area contributed by atoms with Crippen molar-refractivity contribution in [2.24, 2.45) is 5.92 Å². The van der Waals surface area contributed by atoms with E-state index in [4.69, 9.17) is 9.47 Å².